The normalized spacial score (nSPS) is 19.5. The van der Waals surface area contributed by atoms with E-state index in [1.165, 1.54) is 12.1 Å². The van der Waals surface area contributed by atoms with Crippen LogP contribution in [0.4, 0.5) is 11.4 Å². The highest BCUT2D eigenvalue weighted by Gasteiger charge is 2.19. The SMILES string of the molecule is O=C(Nc1cccc([N+](=O)[O-])c1)C1CCCCCN1. The summed E-state index contributed by atoms with van der Waals surface area (Å²) in [7, 11) is 0. The van der Waals surface area contributed by atoms with Crippen molar-refractivity contribution in [2.45, 2.75) is 31.7 Å². The molecule has 0 bridgehead atoms. The van der Waals surface area contributed by atoms with E-state index in [1.54, 1.807) is 12.1 Å². The molecule has 1 atom stereocenters. The first-order valence-electron chi connectivity index (χ1n) is 6.45. The number of amides is 1. The summed E-state index contributed by atoms with van der Waals surface area (Å²) in [4.78, 5) is 22.3. The number of hydrogen-bond acceptors (Lipinski definition) is 4. The van der Waals surface area contributed by atoms with Crippen LogP contribution in [0.3, 0.4) is 0 Å². The quantitative estimate of drug-likeness (QED) is 0.645. The fourth-order valence-corrected chi connectivity index (χ4v) is 2.18. The highest BCUT2D eigenvalue weighted by Crippen LogP contribution is 2.18. The maximum absolute atomic E-state index is 12.1. The topological polar surface area (TPSA) is 84.3 Å². The first kappa shape index (κ1) is 13.5. The lowest BCUT2D eigenvalue weighted by Gasteiger charge is -2.15. The van der Waals surface area contributed by atoms with Crippen LogP contribution < -0.4 is 10.6 Å². The Kier molecular flexibility index (Phi) is 4.46. The summed E-state index contributed by atoms with van der Waals surface area (Å²) in [6.45, 7) is 0.840. The summed E-state index contributed by atoms with van der Waals surface area (Å²) in [5.74, 6) is -0.123. The summed E-state index contributed by atoms with van der Waals surface area (Å²) in [5, 5.41) is 16.6. The van der Waals surface area contributed by atoms with Crippen LogP contribution in [0.25, 0.3) is 0 Å². The van der Waals surface area contributed by atoms with Crippen LogP contribution in [0.5, 0.6) is 0 Å². The van der Waals surface area contributed by atoms with Gasteiger partial charge in [0.2, 0.25) is 5.91 Å². The summed E-state index contributed by atoms with van der Waals surface area (Å²) < 4.78 is 0. The highest BCUT2D eigenvalue weighted by molar-refractivity contribution is 5.95. The second kappa shape index (κ2) is 6.29. The molecular weight excluding hydrogens is 246 g/mol. The van der Waals surface area contributed by atoms with Crippen molar-refractivity contribution in [3.63, 3.8) is 0 Å². The number of hydrogen-bond donors (Lipinski definition) is 2. The van der Waals surface area contributed by atoms with Gasteiger partial charge in [-0.3, -0.25) is 14.9 Å². The second-order valence-electron chi connectivity index (χ2n) is 4.65. The average Bonchev–Trinajstić information content (AvgIpc) is 2.68. The van der Waals surface area contributed by atoms with Crippen molar-refractivity contribution in [3.05, 3.63) is 34.4 Å². The van der Waals surface area contributed by atoms with Gasteiger partial charge in [-0.15, -0.1) is 0 Å². The molecule has 19 heavy (non-hydrogen) atoms. The fourth-order valence-electron chi connectivity index (χ4n) is 2.18. The third-order valence-corrected chi connectivity index (χ3v) is 3.20. The molecule has 102 valence electrons. The largest absolute Gasteiger partial charge is 0.324 e. The van der Waals surface area contributed by atoms with E-state index in [0.29, 0.717) is 5.69 Å². The van der Waals surface area contributed by atoms with Crippen LogP contribution in [0.15, 0.2) is 24.3 Å². The number of carbonyl (C=O) groups is 1. The minimum atomic E-state index is -0.473. The van der Waals surface area contributed by atoms with Crippen LogP contribution >= 0.6 is 0 Å². The Morgan fingerprint density at radius 1 is 1.37 bits per heavy atom. The number of carbonyl (C=O) groups excluding carboxylic acids is 1. The van der Waals surface area contributed by atoms with E-state index in [4.69, 9.17) is 0 Å². The zero-order valence-corrected chi connectivity index (χ0v) is 10.6. The zero-order valence-electron chi connectivity index (χ0n) is 10.6. The number of nitro benzene ring substituents is 1. The van der Waals surface area contributed by atoms with E-state index in [1.807, 2.05) is 0 Å². The Labute approximate surface area is 111 Å². The minimum Gasteiger partial charge on any atom is -0.324 e. The molecular formula is C13H17N3O3. The van der Waals surface area contributed by atoms with Crippen molar-refractivity contribution in [2.24, 2.45) is 0 Å². The Hall–Kier alpha value is -1.95. The maximum Gasteiger partial charge on any atom is 0.271 e. The molecule has 1 amide bonds. The van der Waals surface area contributed by atoms with Gasteiger partial charge in [-0.25, -0.2) is 0 Å². The smallest absolute Gasteiger partial charge is 0.271 e. The van der Waals surface area contributed by atoms with E-state index in [0.717, 1.165) is 32.2 Å². The van der Waals surface area contributed by atoms with Crippen LogP contribution in [-0.4, -0.2) is 23.4 Å². The monoisotopic (exact) mass is 263 g/mol. The standard InChI is InChI=1S/C13H17N3O3/c17-13(12-7-2-1-3-8-14-12)15-10-5-4-6-11(9-10)16(18)19/h4-6,9,12,14H,1-3,7-8H2,(H,15,17). The third-order valence-electron chi connectivity index (χ3n) is 3.20. The van der Waals surface area contributed by atoms with Crippen LogP contribution in [0, 0.1) is 10.1 Å². The molecule has 0 radical (unpaired) electrons. The van der Waals surface area contributed by atoms with Crippen LogP contribution in [-0.2, 0) is 4.79 Å². The van der Waals surface area contributed by atoms with E-state index in [9.17, 15) is 14.9 Å². The van der Waals surface area contributed by atoms with Gasteiger partial charge in [0.25, 0.3) is 5.69 Å². The molecule has 2 N–H and O–H groups in total. The number of nitro groups is 1. The third kappa shape index (κ3) is 3.75. The van der Waals surface area contributed by atoms with Gasteiger partial charge in [0, 0.05) is 17.8 Å². The molecule has 0 aliphatic carbocycles. The number of benzene rings is 1. The number of anilines is 1. The highest BCUT2D eigenvalue weighted by atomic mass is 16.6. The number of nitrogens with one attached hydrogen (secondary N) is 2. The molecule has 1 aromatic rings. The Bertz CT molecular complexity index is 468. The molecule has 0 spiro atoms. The van der Waals surface area contributed by atoms with Crippen molar-refractivity contribution >= 4 is 17.3 Å². The molecule has 0 saturated carbocycles. The molecule has 0 aromatic heterocycles. The molecule has 1 unspecified atom stereocenters. The van der Waals surface area contributed by atoms with Crippen LogP contribution in [0.2, 0.25) is 0 Å². The first-order chi connectivity index (χ1) is 9.16. The van der Waals surface area contributed by atoms with E-state index >= 15 is 0 Å². The number of non-ortho nitro benzene ring substituents is 1. The van der Waals surface area contributed by atoms with Crippen molar-refractivity contribution in [1.29, 1.82) is 0 Å². The van der Waals surface area contributed by atoms with Crippen molar-refractivity contribution in [3.8, 4) is 0 Å². The Balaban J connectivity index is 2.01. The van der Waals surface area contributed by atoms with E-state index < -0.39 is 4.92 Å². The summed E-state index contributed by atoms with van der Waals surface area (Å²) in [6, 6.07) is 5.78. The molecule has 1 heterocycles. The van der Waals surface area contributed by atoms with Gasteiger partial charge in [-0.2, -0.15) is 0 Å². The minimum absolute atomic E-state index is 0.0216. The summed E-state index contributed by atoms with van der Waals surface area (Å²) in [5.41, 5.74) is 0.442. The predicted octanol–water partition coefficient (Wildman–Crippen LogP) is 2.07. The summed E-state index contributed by atoms with van der Waals surface area (Å²) in [6.07, 6.45) is 4.05. The predicted molar refractivity (Wildman–Crippen MR) is 72.0 cm³/mol. The molecule has 2 rings (SSSR count). The molecule has 1 saturated heterocycles. The van der Waals surface area contributed by atoms with Crippen LogP contribution in [0.1, 0.15) is 25.7 Å². The van der Waals surface area contributed by atoms with Gasteiger partial charge >= 0.3 is 0 Å². The van der Waals surface area contributed by atoms with E-state index in [2.05, 4.69) is 10.6 Å². The Morgan fingerprint density at radius 2 is 2.21 bits per heavy atom. The fraction of sp³-hybridized carbons (Fsp3) is 0.462. The van der Waals surface area contributed by atoms with Crippen molar-refractivity contribution in [1.82, 2.24) is 5.32 Å². The summed E-state index contributed by atoms with van der Waals surface area (Å²) >= 11 is 0. The average molecular weight is 263 g/mol. The lowest BCUT2D eigenvalue weighted by Crippen LogP contribution is -2.39. The lowest BCUT2D eigenvalue weighted by atomic mass is 10.1. The molecule has 1 aromatic carbocycles. The van der Waals surface area contributed by atoms with Gasteiger partial charge < -0.3 is 10.6 Å². The van der Waals surface area contributed by atoms with Gasteiger partial charge in [0.15, 0.2) is 0 Å². The molecule has 1 aliphatic rings. The van der Waals surface area contributed by atoms with Gasteiger partial charge in [0.1, 0.15) is 0 Å². The van der Waals surface area contributed by atoms with Crippen molar-refractivity contribution < 1.29 is 9.72 Å². The van der Waals surface area contributed by atoms with Gasteiger partial charge in [-0.1, -0.05) is 18.9 Å². The second-order valence-corrected chi connectivity index (χ2v) is 4.65. The Morgan fingerprint density at radius 3 is 3.00 bits per heavy atom. The zero-order chi connectivity index (χ0) is 13.7. The molecule has 1 aliphatic heterocycles. The maximum atomic E-state index is 12.1. The molecule has 6 heteroatoms. The van der Waals surface area contributed by atoms with Gasteiger partial charge in [-0.05, 0) is 25.5 Å². The molecule has 6 nitrogen and oxygen atoms in total. The van der Waals surface area contributed by atoms with Gasteiger partial charge in [0.05, 0.1) is 11.0 Å². The lowest BCUT2D eigenvalue weighted by molar-refractivity contribution is -0.384. The number of nitrogens with zero attached hydrogens (tertiary/aromatic N) is 1. The molecule has 1 fully saturated rings. The van der Waals surface area contributed by atoms with E-state index in [-0.39, 0.29) is 17.6 Å². The van der Waals surface area contributed by atoms with Crippen molar-refractivity contribution in [2.75, 3.05) is 11.9 Å². The first-order valence-corrected chi connectivity index (χ1v) is 6.45. The number of rotatable bonds is 3.